The Morgan fingerprint density at radius 3 is 2.53 bits per heavy atom. The van der Waals surface area contributed by atoms with E-state index in [0.29, 0.717) is 23.0 Å². The molecule has 1 aromatic heterocycles. The first-order valence-electron chi connectivity index (χ1n) is 9.06. The predicted molar refractivity (Wildman–Crippen MR) is 106 cm³/mol. The highest BCUT2D eigenvalue weighted by molar-refractivity contribution is 6.39. The summed E-state index contributed by atoms with van der Waals surface area (Å²) in [6.07, 6.45) is 1.32. The van der Waals surface area contributed by atoms with Gasteiger partial charge in [-0.3, -0.25) is 14.9 Å². The topological polar surface area (TPSA) is 98.1 Å². The summed E-state index contributed by atoms with van der Waals surface area (Å²) in [6.45, 7) is 0.0603. The molecule has 148 valence electrons. The summed E-state index contributed by atoms with van der Waals surface area (Å²) in [5.74, 6) is 0.274. The molecular weight excluding hydrogens is 388 g/mol. The van der Waals surface area contributed by atoms with E-state index in [-0.39, 0.29) is 18.1 Å². The normalized spacial score (nSPS) is 16.9. The van der Waals surface area contributed by atoms with Crippen molar-refractivity contribution in [2.24, 2.45) is 0 Å². The van der Waals surface area contributed by atoms with E-state index in [1.807, 2.05) is 30.3 Å². The summed E-state index contributed by atoms with van der Waals surface area (Å²) in [7, 11) is 0. The SMILES string of the molecule is O=C1NC(=O)N(c2ccc3c(c2)OCO3)C(=O)/C1=C/c1ccc(-c2ccccc2)o1. The Labute approximate surface area is 170 Å². The van der Waals surface area contributed by atoms with Gasteiger partial charge in [0.1, 0.15) is 17.1 Å². The van der Waals surface area contributed by atoms with Crippen LogP contribution < -0.4 is 19.7 Å². The summed E-state index contributed by atoms with van der Waals surface area (Å²) in [4.78, 5) is 38.5. The zero-order chi connectivity index (χ0) is 20.7. The number of barbiturate groups is 1. The predicted octanol–water partition coefficient (Wildman–Crippen LogP) is 3.34. The molecule has 1 saturated heterocycles. The molecule has 8 heteroatoms. The number of hydrogen-bond donors (Lipinski definition) is 1. The number of carbonyl (C=O) groups is 3. The molecule has 2 aromatic carbocycles. The van der Waals surface area contributed by atoms with Crippen molar-refractivity contribution in [3.63, 3.8) is 0 Å². The Bertz CT molecular complexity index is 1210. The number of furan rings is 1. The van der Waals surface area contributed by atoms with Crippen molar-refractivity contribution in [1.29, 1.82) is 0 Å². The van der Waals surface area contributed by atoms with Crippen LogP contribution in [0.25, 0.3) is 17.4 Å². The quantitative estimate of drug-likeness (QED) is 0.533. The standard InChI is InChI=1S/C22H14N2O6/c25-20-16(11-15-7-9-17(30-15)13-4-2-1-3-5-13)21(26)24(22(27)23-20)14-6-8-18-19(10-14)29-12-28-18/h1-11H,12H2,(H,23,25,27)/b16-11+. The Morgan fingerprint density at radius 1 is 0.900 bits per heavy atom. The molecule has 0 radical (unpaired) electrons. The molecule has 8 nitrogen and oxygen atoms in total. The van der Waals surface area contributed by atoms with Gasteiger partial charge in [-0.15, -0.1) is 0 Å². The van der Waals surface area contributed by atoms with Gasteiger partial charge in [-0.1, -0.05) is 30.3 Å². The Hall–Kier alpha value is -4.33. The maximum atomic E-state index is 13.0. The number of carbonyl (C=O) groups excluding carboxylic acids is 3. The molecule has 0 unspecified atom stereocenters. The van der Waals surface area contributed by atoms with E-state index < -0.39 is 17.8 Å². The second-order valence-corrected chi connectivity index (χ2v) is 6.56. The number of anilines is 1. The first-order valence-corrected chi connectivity index (χ1v) is 9.06. The third kappa shape index (κ3) is 3.00. The van der Waals surface area contributed by atoms with Crippen LogP contribution in [0, 0.1) is 0 Å². The van der Waals surface area contributed by atoms with Crippen LogP contribution in [-0.4, -0.2) is 24.6 Å². The number of fused-ring (bicyclic) bond motifs is 1. The van der Waals surface area contributed by atoms with E-state index in [4.69, 9.17) is 13.9 Å². The van der Waals surface area contributed by atoms with Crippen LogP contribution in [0.2, 0.25) is 0 Å². The van der Waals surface area contributed by atoms with Crippen LogP contribution in [0.5, 0.6) is 11.5 Å². The number of amides is 4. The average Bonchev–Trinajstić information content (AvgIpc) is 3.41. The highest BCUT2D eigenvalue weighted by Crippen LogP contribution is 2.36. The van der Waals surface area contributed by atoms with Crippen molar-refractivity contribution in [2.45, 2.75) is 0 Å². The number of nitrogens with zero attached hydrogens (tertiary/aromatic N) is 1. The molecule has 0 spiro atoms. The van der Waals surface area contributed by atoms with Crippen LogP contribution in [0.3, 0.4) is 0 Å². The van der Waals surface area contributed by atoms with Crippen LogP contribution >= 0.6 is 0 Å². The Balaban J connectivity index is 1.48. The number of imide groups is 2. The number of ether oxygens (including phenoxy) is 2. The van der Waals surface area contributed by atoms with Gasteiger partial charge in [-0.05, 0) is 30.3 Å². The second-order valence-electron chi connectivity index (χ2n) is 6.56. The molecule has 2 aliphatic rings. The molecular formula is C22H14N2O6. The van der Waals surface area contributed by atoms with Crippen LogP contribution in [0.15, 0.2) is 70.7 Å². The molecule has 0 saturated carbocycles. The summed E-state index contributed by atoms with van der Waals surface area (Å²) in [5.41, 5.74) is 0.893. The molecule has 4 amide bonds. The van der Waals surface area contributed by atoms with Gasteiger partial charge >= 0.3 is 6.03 Å². The maximum absolute atomic E-state index is 13.0. The van der Waals surface area contributed by atoms with E-state index in [9.17, 15) is 14.4 Å². The van der Waals surface area contributed by atoms with Crippen molar-refractivity contribution in [3.8, 4) is 22.8 Å². The minimum Gasteiger partial charge on any atom is -0.457 e. The first kappa shape index (κ1) is 17.7. The van der Waals surface area contributed by atoms with E-state index in [1.165, 1.54) is 12.1 Å². The smallest absolute Gasteiger partial charge is 0.335 e. The van der Waals surface area contributed by atoms with Crippen molar-refractivity contribution < 1.29 is 28.3 Å². The number of urea groups is 1. The van der Waals surface area contributed by atoms with Crippen molar-refractivity contribution in [2.75, 3.05) is 11.7 Å². The Morgan fingerprint density at radius 2 is 1.70 bits per heavy atom. The fourth-order valence-electron chi connectivity index (χ4n) is 3.25. The van der Waals surface area contributed by atoms with E-state index in [1.54, 1.807) is 24.3 Å². The number of benzene rings is 2. The van der Waals surface area contributed by atoms with Gasteiger partial charge in [0, 0.05) is 11.6 Å². The number of nitrogens with one attached hydrogen (secondary N) is 1. The zero-order valence-corrected chi connectivity index (χ0v) is 15.5. The van der Waals surface area contributed by atoms with Gasteiger partial charge in [-0.25, -0.2) is 9.69 Å². The molecule has 3 aromatic rings. The number of rotatable bonds is 3. The lowest BCUT2D eigenvalue weighted by Crippen LogP contribution is -2.54. The second kappa shape index (κ2) is 6.93. The third-order valence-electron chi connectivity index (χ3n) is 4.69. The summed E-state index contributed by atoms with van der Waals surface area (Å²) >= 11 is 0. The minimum absolute atomic E-state index is 0.0603. The van der Waals surface area contributed by atoms with E-state index in [2.05, 4.69) is 5.32 Å². The van der Waals surface area contributed by atoms with Gasteiger partial charge < -0.3 is 13.9 Å². The van der Waals surface area contributed by atoms with Gasteiger partial charge in [-0.2, -0.15) is 0 Å². The number of hydrogen-bond acceptors (Lipinski definition) is 6. The summed E-state index contributed by atoms with van der Waals surface area (Å²) in [5, 5.41) is 2.18. The molecule has 2 aliphatic heterocycles. The van der Waals surface area contributed by atoms with Crippen molar-refractivity contribution >= 4 is 29.6 Å². The highest BCUT2D eigenvalue weighted by Gasteiger charge is 2.37. The molecule has 3 heterocycles. The van der Waals surface area contributed by atoms with Crippen molar-refractivity contribution in [3.05, 3.63) is 72.0 Å². The summed E-state index contributed by atoms with van der Waals surface area (Å²) in [6, 6.07) is 16.6. The minimum atomic E-state index is -0.842. The highest BCUT2D eigenvalue weighted by atomic mass is 16.7. The molecule has 0 bridgehead atoms. The first-order chi connectivity index (χ1) is 14.6. The van der Waals surface area contributed by atoms with Crippen LogP contribution in [0.1, 0.15) is 5.76 Å². The van der Waals surface area contributed by atoms with Gasteiger partial charge in [0.25, 0.3) is 11.8 Å². The Kier molecular flexibility index (Phi) is 4.10. The lowest BCUT2D eigenvalue weighted by atomic mass is 10.1. The molecule has 0 aliphatic carbocycles. The lowest BCUT2D eigenvalue weighted by molar-refractivity contribution is -0.122. The maximum Gasteiger partial charge on any atom is 0.335 e. The fourth-order valence-corrected chi connectivity index (χ4v) is 3.25. The van der Waals surface area contributed by atoms with E-state index >= 15 is 0 Å². The monoisotopic (exact) mass is 402 g/mol. The third-order valence-corrected chi connectivity index (χ3v) is 4.69. The lowest BCUT2D eigenvalue weighted by Gasteiger charge is -2.26. The van der Waals surface area contributed by atoms with E-state index in [0.717, 1.165) is 10.5 Å². The molecule has 5 rings (SSSR count). The van der Waals surface area contributed by atoms with Crippen LogP contribution in [-0.2, 0) is 9.59 Å². The fraction of sp³-hybridized carbons (Fsp3) is 0.0455. The average molecular weight is 402 g/mol. The van der Waals surface area contributed by atoms with Gasteiger partial charge in [0.05, 0.1) is 5.69 Å². The summed E-state index contributed by atoms with van der Waals surface area (Å²) < 4.78 is 16.3. The molecule has 1 fully saturated rings. The largest absolute Gasteiger partial charge is 0.457 e. The molecule has 1 N–H and O–H groups in total. The molecule has 30 heavy (non-hydrogen) atoms. The zero-order valence-electron chi connectivity index (χ0n) is 15.5. The van der Waals surface area contributed by atoms with Gasteiger partial charge in [0.15, 0.2) is 11.5 Å². The van der Waals surface area contributed by atoms with Gasteiger partial charge in [0.2, 0.25) is 6.79 Å². The van der Waals surface area contributed by atoms with Crippen molar-refractivity contribution in [1.82, 2.24) is 5.32 Å². The molecule has 0 atom stereocenters. The van der Waals surface area contributed by atoms with Crippen LogP contribution in [0.4, 0.5) is 10.5 Å².